The molecule has 0 amide bonds. The molecular formula is C14H19NO3S. The Labute approximate surface area is 116 Å². The molecule has 0 aliphatic heterocycles. The maximum Gasteiger partial charge on any atom is 0.312 e. The maximum absolute atomic E-state index is 11.3. The average molecular weight is 281 g/mol. The molecule has 1 atom stereocenters. The quantitative estimate of drug-likeness (QED) is 0.925. The number of rotatable bonds is 3. The third-order valence-corrected chi connectivity index (χ3v) is 5.76. The minimum atomic E-state index is -0.740. The van der Waals surface area contributed by atoms with E-state index < -0.39 is 11.9 Å². The average Bonchev–Trinajstić information content (AvgIpc) is 3.05. The van der Waals surface area contributed by atoms with Crippen molar-refractivity contribution < 1.29 is 14.6 Å². The molecule has 1 saturated carbocycles. The highest BCUT2D eigenvalue weighted by Gasteiger charge is 2.41. The number of ether oxygens (including phenoxy) is 1. The summed E-state index contributed by atoms with van der Waals surface area (Å²) in [4.78, 5) is 17.2. The van der Waals surface area contributed by atoms with Crippen LogP contribution in [-0.2, 0) is 21.6 Å². The number of aryl methyl sites for hydroxylation is 1. The van der Waals surface area contributed by atoms with Gasteiger partial charge in [0.2, 0.25) is 0 Å². The Morgan fingerprint density at radius 1 is 1.42 bits per heavy atom. The summed E-state index contributed by atoms with van der Waals surface area (Å²) < 4.78 is 5.76. The molecule has 1 aromatic rings. The first-order chi connectivity index (χ1) is 9.16. The summed E-state index contributed by atoms with van der Waals surface area (Å²) in [5, 5.41) is 10.3. The lowest BCUT2D eigenvalue weighted by molar-refractivity contribution is -0.139. The van der Waals surface area contributed by atoms with E-state index in [0.29, 0.717) is 6.42 Å². The van der Waals surface area contributed by atoms with Crippen LogP contribution in [-0.4, -0.2) is 23.2 Å². The first-order valence-corrected chi connectivity index (χ1v) is 7.76. The number of nitrogens with zero attached hydrogens (tertiary/aromatic N) is 1. The van der Waals surface area contributed by atoms with E-state index in [0.717, 1.165) is 41.3 Å². The third-order valence-electron chi connectivity index (χ3n) is 4.44. The van der Waals surface area contributed by atoms with E-state index in [1.165, 1.54) is 12.8 Å². The molecule has 0 aromatic carbocycles. The number of carboxylic acid groups (broad SMARTS) is 1. The first kappa shape index (κ1) is 13.1. The number of carboxylic acids is 1. The zero-order valence-electron chi connectivity index (χ0n) is 11.1. The van der Waals surface area contributed by atoms with Crippen molar-refractivity contribution in [3.8, 4) is 0 Å². The number of carbonyl (C=O) groups is 1. The lowest BCUT2D eigenvalue weighted by Crippen LogP contribution is -2.24. The van der Waals surface area contributed by atoms with Gasteiger partial charge in [-0.3, -0.25) is 4.79 Å². The van der Waals surface area contributed by atoms with E-state index in [1.54, 1.807) is 18.4 Å². The SMILES string of the molecule is COC1(c2nc3c(s2)CCCC3C(=O)O)CCCC1. The van der Waals surface area contributed by atoms with Crippen LogP contribution in [0.25, 0.3) is 0 Å². The van der Waals surface area contributed by atoms with Gasteiger partial charge in [-0.15, -0.1) is 11.3 Å². The Balaban J connectivity index is 1.99. The normalized spacial score (nSPS) is 25.2. The van der Waals surface area contributed by atoms with Gasteiger partial charge in [0.15, 0.2) is 0 Å². The van der Waals surface area contributed by atoms with Gasteiger partial charge in [0, 0.05) is 12.0 Å². The number of fused-ring (bicyclic) bond motifs is 1. The van der Waals surface area contributed by atoms with Crippen molar-refractivity contribution in [2.75, 3.05) is 7.11 Å². The summed E-state index contributed by atoms with van der Waals surface area (Å²) in [6.45, 7) is 0. The summed E-state index contributed by atoms with van der Waals surface area (Å²) >= 11 is 1.68. The van der Waals surface area contributed by atoms with Crippen molar-refractivity contribution in [1.82, 2.24) is 4.98 Å². The van der Waals surface area contributed by atoms with Crippen LogP contribution in [0.4, 0.5) is 0 Å². The van der Waals surface area contributed by atoms with Crippen molar-refractivity contribution in [2.45, 2.75) is 56.5 Å². The van der Waals surface area contributed by atoms with Crippen molar-refractivity contribution >= 4 is 17.3 Å². The highest BCUT2D eigenvalue weighted by atomic mass is 32.1. The zero-order chi connectivity index (χ0) is 13.5. The molecule has 0 spiro atoms. The van der Waals surface area contributed by atoms with Crippen LogP contribution in [0.3, 0.4) is 0 Å². The molecule has 4 nitrogen and oxygen atoms in total. The number of methoxy groups -OCH3 is 1. The first-order valence-electron chi connectivity index (χ1n) is 6.94. The molecular weight excluding hydrogens is 262 g/mol. The zero-order valence-corrected chi connectivity index (χ0v) is 12.0. The number of aliphatic carboxylic acids is 1. The Kier molecular flexibility index (Phi) is 3.35. The molecule has 2 aliphatic rings. The van der Waals surface area contributed by atoms with Gasteiger partial charge in [-0.05, 0) is 32.1 Å². The van der Waals surface area contributed by atoms with Crippen molar-refractivity contribution in [2.24, 2.45) is 0 Å². The van der Waals surface area contributed by atoms with E-state index in [1.807, 2.05) is 0 Å². The second-order valence-electron chi connectivity index (χ2n) is 5.52. The van der Waals surface area contributed by atoms with Gasteiger partial charge in [0.25, 0.3) is 0 Å². The molecule has 0 radical (unpaired) electrons. The summed E-state index contributed by atoms with van der Waals surface area (Å²) in [6, 6.07) is 0. The highest BCUT2D eigenvalue weighted by molar-refractivity contribution is 7.11. The fraction of sp³-hybridized carbons (Fsp3) is 0.714. The topological polar surface area (TPSA) is 59.4 Å². The largest absolute Gasteiger partial charge is 0.481 e. The van der Waals surface area contributed by atoms with E-state index in [4.69, 9.17) is 9.72 Å². The molecule has 19 heavy (non-hydrogen) atoms. The molecule has 5 heteroatoms. The van der Waals surface area contributed by atoms with Crippen molar-refractivity contribution in [1.29, 1.82) is 0 Å². The van der Waals surface area contributed by atoms with Gasteiger partial charge in [-0.2, -0.15) is 0 Å². The van der Waals surface area contributed by atoms with Gasteiger partial charge in [0.1, 0.15) is 10.6 Å². The Morgan fingerprint density at radius 2 is 2.16 bits per heavy atom. The molecule has 1 unspecified atom stereocenters. The smallest absolute Gasteiger partial charge is 0.312 e. The number of aromatic nitrogens is 1. The lowest BCUT2D eigenvalue weighted by Gasteiger charge is -2.24. The van der Waals surface area contributed by atoms with Crippen molar-refractivity contribution in [3.05, 3.63) is 15.6 Å². The van der Waals surface area contributed by atoms with E-state index in [9.17, 15) is 9.90 Å². The predicted octanol–water partition coefficient (Wildman–Crippen LogP) is 3.06. The van der Waals surface area contributed by atoms with Crippen LogP contribution in [0.2, 0.25) is 0 Å². The van der Waals surface area contributed by atoms with Gasteiger partial charge in [0.05, 0.1) is 11.6 Å². The second kappa shape index (κ2) is 4.87. The van der Waals surface area contributed by atoms with Gasteiger partial charge in [-0.25, -0.2) is 4.98 Å². The van der Waals surface area contributed by atoms with E-state index in [2.05, 4.69) is 0 Å². The summed E-state index contributed by atoms with van der Waals surface area (Å²) in [7, 11) is 1.75. The Bertz CT molecular complexity index is 491. The lowest BCUT2D eigenvalue weighted by atomic mass is 9.91. The highest BCUT2D eigenvalue weighted by Crippen LogP contribution is 2.46. The fourth-order valence-electron chi connectivity index (χ4n) is 3.31. The summed E-state index contributed by atoms with van der Waals surface area (Å²) in [5.74, 6) is -1.15. The molecule has 1 aromatic heterocycles. The molecule has 1 heterocycles. The van der Waals surface area contributed by atoms with Crippen LogP contribution in [0.15, 0.2) is 0 Å². The summed E-state index contributed by atoms with van der Waals surface area (Å²) in [6.07, 6.45) is 6.98. The Morgan fingerprint density at radius 3 is 2.79 bits per heavy atom. The maximum atomic E-state index is 11.3. The number of hydrogen-bond acceptors (Lipinski definition) is 4. The molecule has 3 rings (SSSR count). The van der Waals surface area contributed by atoms with Crippen LogP contribution >= 0.6 is 11.3 Å². The standard InChI is InChI=1S/C14H19NO3S/c1-18-14(7-2-3-8-14)13-15-11-9(12(16)17)5-4-6-10(11)19-13/h9H,2-8H2,1H3,(H,16,17). The monoisotopic (exact) mass is 281 g/mol. The summed E-state index contributed by atoms with van der Waals surface area (Å²) in [5.41, 5.74) is 0.562. The Hall–Kier alpha value is -0.940. The van der Waals surface area contributed by atoms with Crippen LogP contribution in [0, 0.1) is 0 Å². The third kappa shape index (κ3) is 2.09. The van der Waals surface area contributed by atoms with Crippen LogP contribution < -0.4 is 0 Å². The van der Waals surface area contributed by atoms with E-state index >= 15 is 0 Å². The fourth-order valence-corrected chi connectivity index (χ4v) is 4.69. The van der Waals surface area contributed by atoms with Gasteiger partial charge in [-0.1, -0.05) is 12.8 Å². The van der Waals surface area contributed by atoms with Gasteiger partial charge < -0.3 is 9.84 Å². The minimum Gasteiger partial charge on any atom is -0.481 e. The molecule has 2 aliphatic carbocycles. The van der Waals surface area contributed by atoms with Crippen LogP contribution in [0.5, 0.6) is 0 Å². The molecule has 104 valence electrons. The van der Waals surface area contributed by atoms with E-state index in [-0.39, 0.29) is 5.60 Å². The molecule has 0 bridgehead atoms. The predicted molar refractivity (Wildman–Crippen MR) is 72.6 cm³/mol. The van der Waals surface area contributed by atoms with Gasteiger partial charge >= 0.3 is 5.97 Å². The molecule has 0 saturated heterocycles. The van der Waals surface area contributed by atoms with Crippen molar-refractivity contribution in [3.63, 3.8) is 0 Å². The second-order valence-corrected chi connectivity index (χ2v) is 6.60. The minimum absolute atomic E-state index is 0.245. The molecule has 1 fully saturated rings. The number of thiazole rings is 1. The number of hydrogen-bond donors (Lipinski definition) is 1. The van der Waals surface area contributed by atoms with Crippen LogP contribution in [0.1, 0.15) is 60.0 Å². The molecule has 1 N–H and O–H groups in total.